The smallest absolute Gasteiger partial charge is 0.317 e. The molecule has 1 fully saturated rings. The molecule has 1 atom stereocenters. The van der Waals surface area contributed by atoms with Gasteiger partial charge in [0.2, 0.25) is 0 Å². The number of carbonyl (C=O) groups is 1. The van der Waals surface area contributed by atoms with Crippen LogP contribution in [0, 0.1) is 19.8 Å². The molecule has 0 bridgehead atoms. The first-order chi connectivity index (χ1) is 10.1. The molecule has 2 rings (SSSR count). The Morgan fingerprint density at radius 1 is 1.48 bits per heavy atom. The number of amides is 2. The van der Waals surface area contributed by atoms with Gasteiger partial charge in [0.25, 0.3) is 0 Å². The van der Waals surface area contributed by atoms with Crippen LogP contribution >= 0.6 is 0 Å². The fourth-order valence-electron chi connectivity index (χ4n) is 3.02. The first-order valence-electron chi connectivity index (χ1n) is 8.14. The second-order valence-electron chi connectivity index (χ2n) is 6.10. The van der Waals surface area contributed by atoms with Crippen molar-refractivity contribution < 1.29 is 4.79 Å². The molecular weight excluding hydrogens is 264 g/mol. The van der Waals surface area contributed by atoms with Gasteiger partial charge in [0.15, 0.2) is 0 Å². The average Bonchev–Trinajstić information content (AvgIpc) is 2.81. The third kappa shape index (κ3) is 4.48. The highest BCUT2D eigenvalue weighted by atomic mass is 16.2. The Labute approximate surface area is 127 Å². The first-order valence-corrected chi connectivity index (χ1v) is 8.14. The lowest BCUT2D eigenvalue weighted by Gasteiger charge is -2.32. The van der Waals surface area contributed by atoms with Gasteiger partial charge < -0.3 is 10.2 Å². The van der Waals surface area contributed by atoms with Crippen LogP contribution in [0.5, 0.6) is 0 Å². The van der Waals surface area contributed by atoms with Crippen LogP contribution in [0.1, 0.15) is 44.0 Å². The van der Waals surface area contributed by atoms with Crippen LogP contribution in [0.15, 0.2) is 6.07 Å². The van der Waals surface area contributed by atoms with Gasteiger partial charge in [-0.1, -0.05) is 13.3 Å². The highest BCUT2D eigenvalue weighted by molar-refractivity contribution is 5.74. The number of nitrogens with zero attached hydrogens (tertiary/aromatic N) is 3. The minimum Gasteiger partial charge on any atom is -0.338 e. The molecule has 1 saturated heterocycles. The molecule has 0 aliphatic carbocycles. The Morgan fingerprint density at radius 2 is 2.29 bits per heavy atom. The molecule has 0 aromatic carbocycles. The van der Waals surface area contributed by atoms with Crippen molar-refractivity contribution in [1.82, 2.24) is 20.0 Å². The number of aryl methyl sites for hydroxylation is 3. The van der Waals surface area contributed by atoms with Crippen molar-refractivity contribution in [1.29, 1.82) is 0 Å². The zero-order valence-electron chi connectivity index (χ0n) is 13.6. The summed E-state index contributed by atoms with van der Waals surface area (Å²) in [5.41, 5.74) is 2.23. The van der Waals surface area contributed by atoms with Crippen molar-refractivity contribution in [3.05, 3.63) is 17.5 Å². The van der Waals surface area contributed by atoms with E-state index in [4.69, 9.17) is 0 Å². The lowest BCUT2D eigenvalue weighted by Crippen LogP contribution is -2.45. The number of aromatic nitrogens is 2. The number of rotatable bonds is 5. The van der Waals surface area contributed by atoms with Gasteiger partial charge in [-0.3, -0.25) is 4.68 Å². The molecule has 118 valence electrons. The maximum Gasteiger partial charge on any atom is 0.317 e. The van der Waals surface area contributed by atoms with E-state index >= 15 is 0 Å². The Morgan fingerprint density at radius 3 is 2.95 bits per heavy atom. The summed E-state index contributed by atoms with van der Waals surface area (Å²) in [6.07, 6.45) is 4.48. The van der Waals surface area contributed by atoms with E-state index in [0.29, 0.717) is 12.5 Å². The van der Waals surface area contributed by atoms with Gasteiger partial charge >= 0.3 is 6.03 Å². The van der Waals surface area contributed by atoms with E-state index in [-0.39, 0.29) is 6.03 Å². The number of urea groups is 1. The van der Waals surface area contributed by atoms with Gasteiger partial charge in [-0.15, -0.1) is 0 Å². The van der Waals surface area contributed by atoms with Crippen LogP contribution < -0.4 is 5.32 Å². The first kappa shape index (κ1) is 15.9. The van der Waals surface area contributed by atoms with Gasteiger partial charge in [-0.25, -0.2) is 4.79 Å². The van der Waals surface area contributed by atoms with Gasteiger partial charge in [0.1, 0.15) is 0 Å². The lowest BCUT2D eigenvalue weighted by molar-refractivity contribution is 0.164. The van der Waals surface area contributed by atoms with Crippen molar-refractivity contribution >= 4 is 6.03 Å². The molecule has 1 aliphatic heterocycles. The van der Waals surface area contributed by atoms with Crippen molar-refractivity contribution in [3.8, 4) is 0 Å². The largest absolute Gasteiger partial charge is 0.338 e. The normalized spacial score (nSPS) is 18.8. The van der Waals surface area contributed by atoms with E-state index in [1.54, 1.807) is 0 Å². The van der Waals surface area contributed by atoms with E-state index in [2.05, 4.69) is 30.3 Å². The fourth-order valence-corrected chi connectivity index (χ4v) is 3.02. The number of piperidine rings is 1. The summed E-state index contributed by atoms with van der Waals surface area (Å²) < 4.78 is 2.01. The zero-order chi connectivity index (χ0) is 15.2. The molecule has 1 N–H and O–H groups in total. The summed E-state index contributed by atoms with van der Waals surface area (Å²) in [6, 6.07) is 2.18. The average molecular weight is 292 g/mol. The highest BCUT2D eigenvalue weighted by Crippen LogP contribution is 2.18. The molecule has 0 spiro atoms. The number of nitrogens with one attached hydrogen (secondary N) is 1. The lowest BCUT2D eigenvalue weighted by atomic mass is 9.96. The van der Waals surface area contributed by atoms with Crippen molar-refractivity contribution in [3.63, 3.8) is 0 Å². The quantitative estimate of drug-likeness (QED) is 0.848. The molecule has 2 amide bonds. The highest BCUT2D eigenvalue weighted by Gasteiger charge is 2.21. The Bertz CT molecular complexity index is 469. The molecular formula is C16H28N4O. The van der Waals surface area contributed by atoms with E-state index in [9.17, 15) is 4.79 Å². The van der Waals surface area contributed by atoms with E-state index in [1.807, 2.05) is 16.5 Å². The molecule has 21 heavy (non-hydrogen) atoms. The fraction of sp³-hybridized carbons (Fsp3) is 0.750. The van der Waals surface area contributed by atoms with Gasteiger partial charge in [0.05, 0.1) is 5.69 Å². The van der Waals surface area contributed by atoms with Crippen molar-refractivity contribution in [2.45, 2.75) is 53.0 Å². The van der Waals surface area contributed by atoms with E-state index in [1.165, 1.54) is 18.5 Å². The minimum atomic E-state index is 0.0986. The third-order valence-corrected chi connectivity index (χ3v) is 4.31. The number of hydrogen-bond donors (Lipinski definition) is 1. The second-order valence-corrected chi connectivity index (χ2v) is 6.10. The Hall–Kier alpha value is -1.52. The predicted molar refractivity (Wildman–Crippen MR) is 84.3 cm³/mol. The van der Waals surface area contributed by atoms with Crippen LogP contribution in [0.3, 0.4) is 0 Å². The SMILES string of the molecule is CCC1CCCN(C(=O)NCCCn2nc(C)cc2C)C1. The molecule has 1 aromatic rings. The van der Waals surface area contributed by atoms with Crippen LogP contribution in [0.4, 0.5) is 4.79 Å². The topological polar surface area (TPSA) is 50.2 Å². The standard InChI is InChI=1S/C16H28N4O/c1-4-15-7-5-9-19(12-15)16(21)17-8-6-10-20-14(3)11-13(2)18-20/h11,15H,4-10,12H2,1-3H3,(H,17,21). The summed E-state index contributed by atoms with van der Waals surface area (Å²) >= 11 is 0. The van der Waals surface area contributed by atoms with Crippen LogP contribution in [-0.2, 0) is 6.54 Å². The second kappa shape index (κ2) is 7.48. The molecule has 1 unspecified atom stereocenters. The molecule has 2 heterocycles. The third-order valence-electron chi connectivity index (χ3n) is 4.31. The van der Waals surface area contributed by atoms with Crippen molar-refractivity contribution in [2.24, 2.45) is 5.92 Å². The number of likely N-dealkylation sites (tertiary alicyclic amines) is 1. The van der Waals surface area contributed by atoms with Gasteiger partial charge in [-0.05, 0) is 45.1 Å². The summed E-state index contributed by atoms with van der Waals surface area (Å²) in [4.78, 5) is 14.1. The molecule has 1 aliphatic rings. The molecule has 5 nitrogen and oxygen atoms in total. The molecule has 1 aromatic heterocycles. The minimum absolute atomic E-state index is 0.0986. The summed E-state index contributed by atoms with van der Waals surface area (Å²) in [5, 5.41) is 7.47. The summed E-state index contributed by atoms with van der Waals surface area (Å²) in [7, 11) is 0. The van der Waals surface area contributed by atoms with Crippen LogP contribution in [-0.4, -0.2) is 40.3 Å². The van der Waals surface area contributed by atoms with Crippen LogP contribution in [0.2, 0.25) is 0 Å². The summed E-state index contributed by atoms with van der Waals surface area (Å²) in [5.74, 6) is 0.680. The zero-order valence-corrected chi connectivity index (χ0v) is 13.6. The molecule has 0 radical (unpaired) electrons. The van der Waals surface area contributed by atoms with Gasteiger partial charge in [-0.2, -0.15) is 5.10 Å². The number of hydrogen-bond acceptors (Lipinski definition) is 2. The predicted octanol–water partition coefficient (Wildman–Crippen LogP) is 2.72. The number of carbonyl (C=O) groups excluding carboxylic acids is 1. The van der Waals surface area contributed by atoms with Crippen molar-refractivity contribution in [2.75, 3.05) is 19.6 Å². The van der Waals surface area contributed by atoms with Gasteiger partial charge in [0, 0.05) is 31.9 Å². The van der Waals surface area contributed by atoms with Crippen LogP contribution in [0.25, 0.3) is 0 Å². The molecule has 0 saturated carbocycles. The Kier molecular flexibility index (Phi) is 5.65. The van der Waals surface area contributed by atoms with E-state index < -0.39 is 0 Å². The van der Waals surface area contributed by atoms with E-state index in [0.717, 1.165) is 38.2 Å². The molecule has 5 heteroatoms. The monoisotopic (exact) mass is 292 g/mol. The maximum atomic E-state index is 12.1. The Balaban J connectivity index is 1.68. The maximum absolute atomic E-state index is 12.1. The summed E-state index contributed by atoms with van der Waals surface area (Å²) in [6.45, 7) is 9.67.